The molecule has 0 aromatic carbocycles. The highest BCUT2D eigenvalue weighted by Crippen LogP contribution is 2.17. The van der Waals surface area contributed by atoms with Crippen LogP contribution in [-0.4, -0.2) is 34.9 Å². The molecule has 0 radical (unpaired) electrons. The molecule has 0 aromatic rings. The van der Waals surface area contributed by atoms with Crippen LogP contribution in [0.1, 0.15) is 309 Å². The van der Waals surface area contributed by atoms with Crippen molar-refractivity contribution in [1.82, 2.24) is 5.32 Å². The summed E-state index contributed by atoms with van der Waals surface area (Å²) in [6.07, 6.45) is 69.3. The third kappa shape index (κ3) is 47.9. The van der Waals surface area contributed by atoms with Crippen molar-refractivity contribution in [2.45, 2.75) is 321 Å². The van der Waals surface area contributed by atoms with Crippen LogP contribution in [0.2, 0.25) is 0 Å². The zero-order valence-electron chi connectivity index (χ0n) is 41.0. The van der Waals surface area contributed by atoms with E-state index in [9.17, 15) is 15.0 Å². The van der Waals surface area contributed by atoms with Gasteiger partial charge in [-0.2, -0.15) is 0 Å². The van der Waals surface area contributed by atoms with Gasteiger partial charge in [0, 0.05) is 6.42 Å². The summed E-state index contributed by atoms with van der Waals surface area (Å²) in [6.45, 7) is 4.32. The monoisotopic (exact) mass is 844 g/mol. The lowest BCUT2D eigenvalue weighted by molar-refractivity contribution is -0.123. The normalized spacial score (nSPS) is 12.9. The third-order valence-electron chi connectivity index (χ3n) is 12.9. The second-order valence-corrected chi connectivity index (χ2v) is 19.0. The fraction of sp³-hybridized carbons (Fsp3) is 0.911. The standard InChI is InChI=1S/C56H109NO3/c1-3-5-7-9-11-13-15-16-17-18-19-20-21-22-23-24-25-26-27-28-29-30-31-32-33-34-35-36-37-38-39-40-42-44-46-48-50-52-56(60)57-54(53-58)55(59)51-49-47-45-43-41-14-12-10-8-6-4-2/h26-27,49,51,54-55,58-59H,3-25,28-48,50,52-53H2,1-2H3,(H,57,60)/b27-26-,51-49+. The summed E-state index contributed by atoms with van der Waals surface area (Å²) >= 11 is 0. The van der Waals surface area contributed by atoms with Gasteiger partial charge in [-0.1, -0.05) is 282 Å². The Morgan fingerprint density at radius 2 is 0.633 bits per heavy atom. The molecule has 0 fully saturated rings. The molecule has 0 bridgehead atoms. The molecule has 1 amide bonds. The lowest BCUT2D eigenvalue weighted by Gasteiger charge is -2.20. The van der Waals surface area contributed by atoms with Crippen molar-refractivity contribution in [1.29, 1.82) is 0 Å². The van der Waals surface area contributed by atoms with E-state index in [1.807, 2.05) is 6.08 Å². The summed E-state index contributed by atoms with van der Waals surface area (Å²) < 4.78 is 0. The predicted molar refractivity (Wildman–Crippen MR) is 267 cm³/mol. The SMILES string of the molecule is CCCCCCCCCCC/C=C/C(O)C(CO)NC(=O)CCCCCCCCCCCCCCCCCCC/C=C\CCCCCCCCCCCCCCCCCC. The van der Waals surface area contributed by atoms with Gasteiger partial charge < -0.3 is 15.5 Å². The van der Waals surface area contributed by atoms with Gasteiger partial charge in [-0.05, 0) is 44.9 Å². The van der Waals surface area contributed by atoms with Gasteiger partial charge in [0.25, 0.3) is 0 Å². The number of aliphatic hydroxyl groups is 2. The van der Waals surface area contributed by atoms with E-state index < -0.39 is 12.1 Å². The largest absolute Gasteiger partial charge is 0.394 e. The van der Waals surface area contributed by atoms with E-state index in [-0.39, 0.29) is 12.5 Å². The molecule has 0 aromatic heterocycles. The van der Waals surface area contributed by atoms with Crippen LogP contribution in [0.3, 0.4) is 0 Å². The third-order valence-corrected chi connectivity index (χ3v) is 12.9. The summed E-state index contributed by atoms with van der Waals surface area (Å²) in [7, 11) is 0. The van der Waals surface area contributed by atoms with Crippen molar-refractivity contribution in [3.05, 3.63) is 24.3 Å². The molecule has 3 N–H and O–H groups in total. The second-order valence-electron chi connectivity index (χ2n) is 19.0. The molecular weight excluding hydrogens is 735 g/mol. The number of hydrogen-bond donors (Lipinski definition) is 3. The van der Waals surface area contributed by atoms with E-state index in [2.05, 4.69) is 31.3 Å². The van der Waals surface area contributed by atoms with Gasteiger partial charge in [-0.15, -0.1) is 0 Å². The minimum absolute atomic E-state index is 0.0607. The van der Waals surface area contributed by atoms with Gasteiger partial charge >= 0.3 is 0 Å². The number of hydrogen-bond acceptors (Lipinski definition) is 3. The highest BCUT2D eigenvalue weighted by Gasteiger charge is 2.18. The van der Waals surface area contributed by atoms with Crippen LogP contribution in [0.4, 0.5) is 0 Å². The molecule has 2 unspecified atom stereocenters. The summed E-state index contributed by atoms with van der Waals surface area (Å²) in [5, 5.41) is 23.0. The summed E-state index contributed by atoms with van der Waals surface area (Å²) in [5.74, 6) is -0.0607. The van der Waals surface area contributed by atoms with Crippen molar-refractivity contribution in [3.63, 3.8) is 0 Å². The highest BCUT2D eigenvalue weighted by atomic mass is 16.3. The molecule has 4 heteroatoms. The van der Waals surface area contributed by atoms with Crippen LogP contribution < -0.4 is 5.32 Å². The zero-order valence-corrected chi connectivity index (χ0v) is 41.0. The molecule has 0 aliphatic carbocycles. The maximum Gasteiger partial charge on any atom is 0.220 e. The van der Waals surface area contributed by atoms with Crippen molar-refractivity contribution in [3.8, 4) is 0 Å². The first-order valence-corrected chi connectivity index (χ1v) is 27.6. The molecule has 0 aliphatic heterocycles. The van der Waals surface area contributed by atoms with Gasteiger partial charge in [0.2, 0.25) is 5.91 Å². The Bertz CT molecular complexity index is 871. The number of carbonyl (C=O) groups is 1. The number of aliphatic hydroxyl groups excluding tert-OH is 2. The van der Waals surface area contributed by atoms with Crippen LogP contribution in [0.5, 0.6) is 0 Å². The average Bonchev–Trinajstić information content (AvgIpc) is 3.25. The van der Waals surface area contributed by atoms with Gasteiger partial charge in [0.05, 0.1) is 18.8 Å². The molecule has 4 nitrogen and oxygen atoms in total. The Kier molecular flexibility index (Phi) is 51.2. The van der Waals surface area contributed by atoms with Crippen molar-refractivity contribution < 1.29 is 15.0 Å². The maximum atomic E-state index is 12.4. The predicted octanol–water partition coefficient (Wildman–Crippen LogP) is 17.9. The second kappa shape index (κ2) is 52.2. The number of amides is 1. The molecule has 0 heterocycles. The van der Waals surface area contributed by atoms with Crippen LogP contribution in [-0.2, 0) is 4.79 Å². The number of carbonyl (C=O) groups excluding carboxylic acids is 1. The van der Waals surface area contributed by atoms with Crippen molar-refractivity contribution in [2.75, 3.05) is 6.61 Å². The van der Waals surface area contributed by atoms with E-state index in [0.29, 0.717) is 6.42 Å². The number of nitrogens with one attached hydrogen (secondary N) is 1. The fourth-order valence-corrected chi connectivity index (χ4v) is 8.71. The summed E-state index contributed by atoms with van der Waals surface area (Å²) in [5.41, 5.74) is 0. The van der Waals surface area contributed by atoms with Gasteiger partial charge in [0.1, 0.15) is 0 Å². The minimum atomic E-state index is -0.835. The number of allylic oxidation sites excluding steroid dienone is 3. The van der Waals surface area contributed by atoms with Crippen LogP contribution >= 0.6 is 0 Å². The average molecular weight is 844 g/mol. The Balaban J connectivity index is 3.37. The molecule has 0 aliphatic rings. The molecule has 0 saturated heterocycles. The van der Waals surface area contributed by atoms with E-state index >= 15 is 0 Å². The molecule has 0 spiro atoms. The lowest BCUT2D eigenvalue weighted by atomic mass is 10.0. The quantitative estimate of drug-likeness (QED) is 0.0422. The van der Waals surface area contributed by atoms with Gasteiger partial charge in [0.15, 0.2) is 0 Å². The molecule has 356 valence electrons. The van der Waals surface area contributed by atoms with E-state index in [4.69, 9.17) is 0 Å². The van der Waals surface area contributed by atoms with Crippen LogP contribution in [0.15, 0.2) is 24.3 Å². The fourth-order valence-electron chi connectivity index (χ4n) is 8.71. The van der Waals surface area contributed by atoms with E-state index in [1.54, 1.807) is 6.08 Å². The summed E-state index contributed by atoms with van der Waals surface area (Å²) in [4.78, 5) is 12.4. The smallest absolute Gasteiger partial charge is 0.220 e. The Morgan fingerprint density at radius 1 is 0.383 bits per heavy atom. The van der Waals surface area contributed by atoms with Crippen LogP contribution in [0.25, 0.3) is 0 Å². The van der Waals surface area contributed by atoms with E-state index in [1.165, 1.54) is 263 Å². The van der Waals surface area contributed by atoms with Gasteiger partial charge in [-0.25, -0.2) is 0 Å². The molecule has 0 rings (SSSR count). The van der Waals surface area contributed by atoms with E-state index in [0.717, 1.165) is 25.7 Å². The van der Waals surface area contributed by atoms with Crippen LogP contribution in [0, 0.1) is 0 Å². The Labute approximate surface area is 377 Å². The summed E-state index contributed by atoms with van der Waals surface area (Å²) in [6, 6.07) is -0.618. The zero-order chi connectivity index (χ0) is 43.5. The first-order chi connectivity index (χ1) is 29.7. The number of rotatable bonds is 51. The van der Waals surface area contributed by atoms with Crippen molar-refractivity contribution in [2.24, 2.45) is 0 Å². The Morgan fingerprint density at radius 3 is 0.917 bits per heavy atom. The molecule has 2 atom stereocenters. The Hall–Kier alpha value is -1.13. The first kappa shape index (κ1) is 58.9. The topological polar surface area (TPSA) is 69.6 Å². The first-order valence-electron chi connectivity index (χ1n) is 27.6. The van der Waals surface area contributed by atoms with Gasteiger partial charge in [-0.3, -0.25) is 4.79 Å². The number of unbranched alkanes of at least 4 members (excludes halogenated alkanes) is 42. The highest BCUT2D eigenvalue weighted by molar-refractivity contribution is 5.76. The molecule has 60 heavy (non-hydrogen) atoms. The minimum Gasteiger partial charge on any atom is -0.394 e. The lowest BCUT2D eigenvalue weighted by Crippen LogP contribution is -2.45. The molecule has 0 saturated carbocycles. The molecular formula is C56H109NO3. The maximum absolute atomic E-state index is 12.4. The van der Waals surface area contributed by atoms with Crippen molar-refractivity contribution >= 4 is 5.91 Å².